The maximum atomic E-state index is 7.31. The van der Waals surface area contributed by atoms with E-state index in [-0.39, 0.29) is 0 Å². The topological polar surface area (TPSA) is 18.5 Å². The highest BCUT2D eigenvalue weighted by Crippen LogP contribution is 2.49. The van der Waals surface area contributed by atoms with Crippen molar-refractivity contribution in [3.63, 3.8) is 0 Å². The summed E-state index contributed by atoms with van der Waals surface area (Å²) < 4.78 is 16.9. The number of aryl methyl sites for hydroxylation is 2. The van der Waals surface area contributed by atoms with Crippen molar-refractivity contribution >= 4 is 97.6 Å². The SMILES string of the molecule is CCCCCCc1ccc2c3c(ccc2c1)OCc1ccc2cc(-c4ccc(Br)s4)ccc2c1-c1c(ccc2cc(-c4ccc(Br)s4)ccc12)COc1ccc2cc(CCCCCC)ccc2c1-3. The fraction of sp³-hybridized carbons (Fsp3) is 0.226. The van der Waals surface area contributed by atoms with Crippen LogP contribution in [-0.4, -0.2) is 0 Å². The Morgan fingerprint density at radius 2 is 0.809 bits per heavy atom. The quantitative estimate of drug-likeness (QED) is 0.114. The van der Waals surface area contributed by atoms with E-state index in [2.05, 4.69) is 191 Å². The van der Waals surface area contributed by atoms with E-state index in [0.717, 1.165) is 54.2 Å². The van der Waals surface area contributed by atoms with Crippen molar-refractivity contribution in [3.05, 3.63) is 175 Å². The molecule has 0 N–H and O–H groups in total. The van der Waals surface area contributed by atoms with Crippen LogP contribution in [0.5, 0.6) is 11.5 Å². The summed E-state index contributed by atoms with van der Waals surface area (Å²) in [4.78, 5) is 2.48. The summed E-state index contributed by atoms with van der Waals surface area (Å²) in [6.45, 7) is 5.37. The zero-order valence-electron chi connectivity index (χ0n) is 38.7. The molecule has 0 aliphatic carbocycles. The van der Waals surface area contributed by atoms with Crippen molar-refractivity contribution in [3.8, 4) is 54.6 Å². The van der Waals surface area contributed by atoms with Crippen molar-refractivity contribution < 1.29 is 9.47 Å². The first-order chi connectivity index (χ1) is 33.4. The molecule has 0 spiro atoms. The molecule has 0 saturated heterocycles. The van der Waals surface area contributed by atoms with Crippen LogP contribution in [0, 0.1) is 0 Å². The molecule has 3 heterocycles. The summed E-state index contributed by atoms with van der Waals surface area (Å²) in [5.74, 6) is 1.73. The fourth-order valence-electron chi connectivity index (χ4n) is 10.4. The lowest BCUT2D eigenvalue weighted by atomic mass is 9.86. The van der Waals surface area contributed by atoms with Crippen molar-refractivity contribution in [1.29, 1.82) is 0 Å². The number of rotatable bonds is 12. The van der Waals surface area contributed by atoms with E-state index in [1.165, 1.54) is 138 Å². The van der Waals surface area contributed by atoms with E-state index in [9.17, 15) is 0 Å². The molecule has 1 aliphatic heterocycles. The van der Waals surface area contributed by atoms with Crippen molar-refractivity contribution in [2.24, 2.45) is 0 Å². The van der Waals surface area contributed by atoms with Crippen molar-refractivity contribution in [1.82, 2.24) is 0 Å². The van der Waals surface area contributed by atoms with E-state index >= 15 is 0 Å². The summed E-state index contributed by atoms with van der Waals surface area (Å²) in [6.07, 6.45) is 12.2. The third-order valence-electron chi connectivity index (χ3n) is 13.9. The van der Waals surface area contributed by atoms with E-state index in [1.54, 1.807) is 22.7 Å². The second-order valence-corrected chi connectivity index (χ2v) is 23.4. The summed E-state index contributed by atoms with van der Waals surface area (Å²) in [5, 5.41) is 9.62. The lowest BCUT2D eigenvalue weighted by Crippen LogP contribution is -2.06. The van der Waals surface area contributed by atoms with Crippen LogP contribution in [0.4, 0.5) is 0 Å². The van der Waals surface area contributed by atoms with Gasteiger partial charge in [-0.3, -0.25) is 0 Å². The van der Waals surface area contributed by atoms with Gasteiger partial charge in [0.1, 0.15) is 24.7 Å². The number of hydrogen-bond donors (Lipinski definition) is 0. The molecule has 10 aromatic rings. The number of ether oxygens (including phenoxy) is 2. The third kappa shape index (κ3) is 9.06. The predicted molar refractivity (Wildman–Crippen MR) is 300 cm³/mol. The number of thiophene rings is 2. The molecule has 0 amide bonds. The van der Waals surface area contributed by atoms with Gasteiger partial charge in [-0.25, -0.2) is 0 Å². The molecule has 8 aromatic carbocycles. The molecule has 2 aromatic heterocycles. The van der Waals surface area contributed by atoms with Crippen LogP contribution in [-0.2, 0) is 26.1 Å². The van der Waals surface area contributed by atoms with E-state index in [0.29, 0.717) is 13.2 Å². The van der Waals surface area contributed by atoms with Crippen molar-refractivity contribution in [2.75, 3.05) is 0 Å². The smallest absolute Gasteiger partial charge is 0.128 e. The monoisotopic (exact) mass is 1050 g/mol. The van der Waals surface area contributed by atoms with Gasteiger partial charge in [-0.15, -0.1) is 22.7 Å². The van der Waals surface area contributed by atoms with Crippen LogP contribution in [0.25, 0.3) is 86.2 Å². The van der Waals surface area contributed by atoms with Gasteiger partial charge in [-0.1, -0.05) is 149 Å². The second-order valence-electron chi connectivity index (χ2n) is 18.5. The van der Waals surface area contributed by atoms with Gasteiger partial charge in [0.2, 0.25) is 0 Å². The van der Waals surface area contributed by atoms with Crippen LogP contribution in [0.1, 0.15) is 87.5 Å². The number of unbranched alkanes of at least 4 members (excludes halogenated alkanes) is 6. The summed E-state index contributed by atoms with van der Waals surface area (Å²) in [7, 11) is 0. The molecule has 0 unspecified atom stereocenters. The first-order valence-corrected chi connectivity index (χ1v) is 27.6. The summed E-state index contributed by atoms with van der Waals surface area (Å²) in [5.41, 5.74) is 12.1. The van der Waals surface area contributed by atoms with Crippen LogP contribution in [0.3, 0.4) is 0 Å². The van der Waals surface area contributed by atoms with Gasteiger partial charge in [-0.2, -0.15) is 0 Å². The molecule has 0 bridgehead atoms. The largest absolute Gasteiger partial charge is 0.488 e. The number of halogens is 2. The van der Waals surface area contributed by atoms with Gasteiger partial charge in [0.15, 0.2) is 0 Å². The molecule has 0 atom stereocenters. The van der Waals surface area contributed by atoms with E-state index in [4.69, 9.17) is 9.47 Å². The molecule has 0 fully saturated rings. The first kappa shape index (κ1) is 45.2. The average Bonchev–Trinajstić information content (AvgIpc) is 4.01. The van der Waals surface area contributed by atoms with Gasteiger partial charge in [0.25, 0.3) is 0 Å². The molecule has 0 radical (unpaired) electrons. The van der Waals surface area contributed by atoms with Crippen molar-refractivity contribution in [2.45, 2.75) is 91.3 Å². The first-order valence-electron chi connectivity index (χ1n) is 24.4. The van der Waals surface area contributed by atoms with Crippen LogP contribution >= 0.6 is 54.5 Å². The number of benzene rings is 8. The lowest BCUT2D eigenvalue weighted by molar-refractivity contribution is 0.302. The average molecular weight is 1060 g/mol. The Morgan fingerprint density at radius 3 is 1.24 bits per heavy atom. The molecule has 6 heteroatoms. The Labute approximate surface area is 425 Å². The Kier molecular flexibility index (Phi) is 13.3. The van der Waals surface area contributed by atoms with Gasteiger partial charge in [-0.05, 0) is 194 Å². The molecule has 68 heavy (non-hydrogen) atoms. The van der Waals surface area contributed by atoms with Gasteiger partial charge in [0.05, 0.1) is 7.57 Å². The Balaban J connectivity index is 1.12. The van der Waals surface area contributed by atoms with Gasteiger partial charge in [0, 0.05) is 20.9 Å². The molecular weight excluding hydrogens is 1000 g/mol. The minimum Gasteiger partial charge on any atom is -0.488 e. The van der Waals surface area contributed by atoms with Gasteiger partial charge < -0.3 is 9.47 Å². The standard InChI is InChI=1S/C62H54Br2O2S2/c1-3-5-7-9-11-39-13-23-51-41(33-39)21-27-53-61(51)62-52-24-14-40(12-10-8-6-4-2)34-42(52)22-28-54(62)66-38-48-18-16-44-36-46(56-30-32-58(64)68-56)20-26-50(44)60(48)59-47(37-65-53)17-15-43-35-45(19-25-49(43)59)55-29-31-57(63)67-55/h13-36H,3-12,37-38H2,1-2H3. The molecule has 2 nitrogen and oxygen atoms in total. The third-order valence-corrected chi connectivity index (χ3v) is 17.3. The van der Waals surface area contributed by atoms with E-state index in [1.807, 2.05) is 0 Å². The van der Waals surface area contributed by atoms with Crippen LogP contribution < -0.4 is 9.47 Å². The van der Waals surface area contributed by atoms with Crippen LogP contribution in [0.2, 0.25) is 0 Å². The highest BCUT2D eigenvalue weighted by molar-refractivity contribution is 9.11. The maximum Gasteiger partial charge on any atom is 0.128 e. The number of hydrogen-bond acceptors (Lipinski definition) is 4. The Bertz CT molecular complexity index is 3260. The second kappa shape index (κ2) is 20.0. The normalized spacial score (nSPS) is 12.5. The highest BCUT2D eigenvalue weighted by Gasteiger charge is 2.24. The molecular formula is C62H54Br2O2S2. The minimum absolute atomic E-state index is 0.402. The Hall–Kier alpha value is -5.24. The molecule has 0 saturated carbocycles. The molecule has 11 rings (SSSR count). The minimum atomic E-state index is 0.402. The summed E-state index contributed by atoms with van der Waals surface area (Å²) >= 11 is 10.9. The number of fused-ring (bicyclic) bond motifs is 14. The van der Waals surface area contributed by atoms with Gasteiger partial charge >= 0.3 is 0 Å². The Morgan fingerprint density at radius 1 is 0.397 bits per heavy atom. The zero-order valence-corrected chi connectivity index (χ0v) is 43.5. The predicted octanol–water partition coefficient (Wildman–Crippen LogP) is 20.3. The highest BCUT2D eigenvalue weighted by atomic mass is 79.9. The summed E-state index contributed by atoms with van der Waals surface area (Å²) in [6, 6.07) is 54.9. The molecule has 340 valence electrons. The van der Waals surface area contributed by atoms with E-state index < -0.39 is 0 Å². The van der Waals surface area contributed by atoms with Crippen LogP contribution in [0.15, 0.2) is 153 Å². The maximum absolute atomic E-state index is 7.31. The lowest BCUT2D eigenvalue weighted by Gasteiger charge is -2.24. The zero-order chi connectivity index (χ0) is 46.1. The fourth-order valence-corrected chi connectivity index (χ4v) is 13.2. The molecule has 1 aliphatic rings.